The van der Waals surface area contributed by atoms with Crippen molar-refractivity contribution in [3.63, 3.8) is 0 Å². The lowest BCUT2D eigenvalue weighted by Crippen LogP contribution is -2.31. The van der Waals surface area contributed by atoms with Crippen LogP contribution in [0.25, 0.3) is 0 Å². The van der Waals surface area contributed by atoms with Gasteiger partial charge in [-0.3, -0.25) is 14.5 Å². The van der Waals surface area contributed by atoms with E-state index in [1.165, 1.54) is 11.3 Å². The zero-order valence-electron chi connectivity index (χ0n) is 14.9. The van der Waals surface area contributed by atoms with Crippen molar-refractivity contribution in [2.75, 3.05) is 0 Å². The number of carbonyl (C=O) groups excluding carboxylic acids is 1. The number of carbonyl (C=O) groups is 1. The highest BCUT2D eigenvalue weighted by Crippen LogP contribution is 2.30. The fourth-order valence-corrected chi connectivity index (χ4v) is 3.50. The lowest BCUT2D eigenvalue weighted by Gasteiger charge is -2.24. The van der Waals surface area contributed by atoms with E-state index in [-0.39, 0.29) is 11.9 Å². The van der Waals surface area contributed by atoms with Crippen LogP contribution in [0.1, 0.15) is 51.8 Å². The molecule has 1 atom stereocenters. The summed E-state index contributed by atoms with van der Waals surface area (Å²) in [5.41, 5.74) is 5.10. The highest BCUT2D eigenvalue weighted by Gasteiger charge is 2.26. The molecule has 26 heavy (non-hydrogen) atoms. The number of benzene rings is 1. The molecule has 4 rings (SSSR count). The van der Waals surface area contributed by atoms with Crippen LogP contribution in [0.5, 0.6) is 0 Å². The van der Waals surface area contributed by atoms with Gasteiger partial charge in [0.25, 0.3) is 5.91 Å². The summed E-state index contributed by atoms with van der Waals surface area (Å²) >= 11 is 0. The number of aryl methyl sites for hydroxylation is 1. The van der Waals surface area contributed by atoms with E-state index in [0.29, 0.717) is 5.56 Å². The number of aromatic nitrogens is 3. The molecule has 132 valence electrons. The molecule has 3 aromatic rings. The molecule has 2 heterocycles. The van der Waals surface area contributed by atoms with E-state index in [2.05, 4.69) is 32.2 Å². The summed E-state index contributed by atoms with van der Waals surface area (Å²) < 4.78 is 2.07. The molecular weight excluding hydrogens is 324 g/mol. The molecule has 1 aromatic carbocycles. The van der Waals surface area contributed by atoms with Gasteiger partial charge in [-0.15, -0.1) is 0 Å². The lowest BCUT2D eigenvalue weighted by atomic mass is 9.92. The summed E-state index contributed by atoms with van der Waals surface area (Å²) in [6.07, 6.45) is 6.53. The zero-order chi connectivity index (χ0) is 17.9. The Morgan fingerprint density at radius 2 is 2.04 bits per heavy atom. The van der Waals surface area contributed by atoms with Crippen LogP contribution in [0.2, 0.25) is 0 Å². The van der Waals surface area contributed by atoms with Gasteiger partial charge in [0.05, 0.1) is 24.3 Å². The first-order valence-electron chi connectivity index (χ1n) is 9.03. The molecule has 5 nitrogen and oxygen atoms in total. The number of hydrogen-bond acceptors (Lipinski definition) is 3. The molecule has 0 saturated carbocycles. The fraction of sp³-hybridized carbons (Fsp3) is 0.286. The highest BCUT2D eigenvalue weighted by atomic mass is 16.1. The molecule has 0 fully saturated rings. The summed E-state index contributed by atoms with van der Waals surface area (Å²) in [6, 6.07) is 14.0. The minimum atomic E-state index is -0.0776. The van der Waals surface area contributed by atoms with Crippen LogP contribution in [0.4, 0.5) is 0 Å². The molecule has 0 saturated heterocycles. The van der Waals surface area contributed by atoms with Crippen molar-refractivity contribution >= 4 is 5.91 Å². The van der Waals surface area contributed by atoms with Crippen LogP contribution in [-0.4, -0.2) is 20.7 Å². The average Bonchev–Trinajstić information content (AvgIpc) is 3.07. The molecule has 1 aliphatic carbocycles. The van der Waals surface area contributed by atoms with Gasteiger partial charge in [0.1, 0.15) is 0 Å². The van der Waals surface area contributed by atoms with E-state index in [1.54, 1.807) is 6.20 Å². The molecule has 0 aliphatic heterocycles. The SMILES string of the molecule is Cc1ccc(C(=O)NC2CCCc3c2cnn3Cc2ccccc2)cn1. The highest BCUT2D eigenvalue weighted by molar-refractivity contribution is 5.94. The molecule has 5 heteroatoms. The monoisotopic (exact) mass is 346 g/mol. The molecule has 0 spiro atoms. The number of amides is 1. The second-order valence-corrected chi connectivity index (χ2v) is 6.80. The molecule has 2 aromatic heterocycles. The van der Waals surface area contributed by atoms with Crippen LogP contribution in [0.15, 0.2) is 54.9 Å². The standard InChI is InChI=1S/C21H22N4O/c1-15-10-11-17(12-22-15)21(26)24-19-8-5-9-20-18(19)13-23-25(20)14-16-6-3-2-4-7-16/h2-4,6-7,10-13,19H,5,8-9,14H2,1H3,(H,24,26). The van der Waals surface area contributed by atoms with Gasteiger partial charge in [0, 0.05) is 23.1 Å². The van der Waals surface area contributed by atoms with E-state index in [1.807, 2.05) is 43.5 Å². The predicted octanol–water partition coefficient (Wildman–Crippen LogP) is 3.44. The maximum atomic E-state index is 12.6. The van der Waals surface area contributed by atoms with Crippen LogP contribution < -0.4 is 5.32 Å². The third-order valence-corrected chi connectivity index (χ3v) is 4.92. The topological polar surface area (TPSA) is 59.8 Å². The van der Waals surface area contributed by atoms with Crippen molar-refractivity contribution in [3.8, 4) is 0 Å². The third kappa shape index (κ3) is 3.38. The third-order valence-electron chi connectivity index (χ3n) is 4.92. The maximum Gasteiger partial charge on any atom is 0.253 e. The van der Waals surface area contributed by atoms with Gasteiger partial charge >= 0.3 is 0 Å². The maximum absolute atomic E-state index is 12.6. The number of rotatable bonds is 4. The Kier molecular flexibility index (Phi) is 4.52. The quantitative estimate of drug-likeness (QED) is 0.787. The Bertz CT molecular complexity index is 900. The number of pyridine rings is 1. The lowest BCUT2D eigenvalue weighted by molar-refractivity contribution is 0.0932. The molecular formula is C21H22N4O. The first-order chi connectivity index (χ1) is 12.7. The van der Waals surface area contributed by atoms with Gasteiger partial charge in [-0.2, -0.15) is 5.10 Å². The van der Waals surface area contributed by atoms with E-state index in [9.17, 15) is 4.79 Å². The van der Waals surface area contributed by atoms with Gasteiger partial charge in [-0.05, 0) is 43.9 Å². The molecule has 1 amide bonds. The van der Waals surface area contributed by atoms with E-state index in [0.717, 1.165) is 37.1 Å². The Hall–Kier alpha value is -2.95. The Balaban J connectivity index is 1.52. The van der Waals surface area contributed by atoms with Crippen molar-refractivity contribution in [3.05, 3.63) is 82.9 Å². The summed E-state index contributed by atoms with van der Waals surface area (Å²) in [4.78, 5) is 16.8. The average molecular weight is 346 g/mol. The van der Waals surface area contributed by atoms with E-state index in [4.69, 9.17) is 0 Å². The summed E-state index contributed by atoms with van der Waals surface area (Å²) in [7, 11) is 0. The minimum absolute atomic E-state index is 0.0112. The second-order valence-electron chi connectivity index (χ2n) is 6.80. The minimum Gasteiger partial charge on any atom is -0.345 e. The largest absolute Gasteiger partial charge is 0.345 e. The number of nitrogens with one attached hydrogen (secondary N) is 1. The normalized spacial score (nSPS) is 16.1. The smallest absolute Gasteiger partial charge is 0.253 e. The van der Waals surface area contributed by atoms with Crippen molar-refractivity contribution in [2.24, 2.45) is 0 Å². The Morgan fingerprint density at radius 1 is 1.19 bits per heavy atom. The number of nitrogens with zero attached hydrogens (tertiary/aromatic N) is 3. The van der Waals surface area contributed by atoms with Gasteiger partial charge in [0.15, 0.2) is 0 Å². The van der Waals surface area contributed by atoms with Crippen LogP contribution >= 0.6 is 0 Å². The Morgan fingerprint density at radius 3 is 2.81 bits per heavy atom. The first kappa shape index (κ1) is 16.5. The molecule has 0 bridgehead atoms. The van der Waals surface area contributed by atoms with E-state index >= 15 is 0 Å². The molecule has 0 radical (unpaired) electrons. The van der Waals surface area contributed by atoms with Gasteiger partial charge in [0.2, 0.25) is 0 Å². The van der Waals surface area contributed by atoms with Crippen LogP contribution in [0.3, 0.4) is 0 Å². The summed E-state index contributed by atoms with van der Waals surface area (Å²) in [5.74, 6) is -0.0776. The predicted molar refractivity (Wildman–Crippen MR) is 99.9 cm³/mol. The number of hydrogen-bond donors (Lipinski definition) is 1. The number of fused-ring (bicyclic) bond motifs is 1. The van der Waals surface area contributed by atoms with Gasteiger partial charge in [-0.1, -0.05) is 30.3 Å². The van der Waals surface area contributed by atoms with Gasteiger partial charge in [-0.25, -0.2) is 0 Å². The van der Waals surface area contributed by atoms with Crippen molar-refractivity contribution in [2.45, 2.75) is 38.8 Å². The van der Waals surface area contributed by atoms with Gasteiger partial charge < -0.3 is 5.32 Å². The summed E-state index contributed by atoms with van der Waals surface area (Å²) in [5, 5.41) is 7.74. The van der Waals surface area contributed by atoms with Crippen LogP contribution in [0, 0.1) is 6.92 Å². The first-order valence-corrected chi connectivity index (χ1v) is 9.03. The Labute approximate surface area is 153 Å². The van der Waals surface area contributed by atoms with Crippen molar-refractivity contribution in [1.29, 1.82) is 0 Å². The van der Waals surface area contributed by atoms with Crippen LogP contribution in [-0.2, 0) is 13.0 Å². The molecule has 1 aliphatic rings. The molecule has 1 N–H and O–H groups in total. The molecule has 1 unspecified atom stereocenters. The second kappa shape index (κ2) is 7.12. The zero-order valence-corrected chi connectivity index (χ0v) is 14.9. The fourth-order valence-electron chi connectivity index (χ4n) is 3.50. The van der Waals surface area contributed by atoms with E-state index < -0.39 is 0 Å². The van der Waals surface area contributed by atoms with Crippen molar-refractivity contribution < 1.29 is 4.79 Å². The van der Waals surface area contributed by atoms with Crippen molar-refractivity contribution in [1.82, 2.24) is 20.1 Å². The summed E-state index contributed by atoms with van der Waals surface area (Å²) in [6.45, 7) is 2.68.